The molecule has 0 amide bonds. The Hall–Kier alpha value is -3.85. The molecule has 0 aliphatic rings. The molecule has 160 valence electrons. The first-order valence-electron chi connectivity index (χ1n) is 8.45. The van der Waals surface area contributed by atoms with Crippen LogP contribution in [0.5, 0.6) is 11.5 Å². The topological polar surface area (TPSA) is 137 Å². The van der Waals surface area contributed by atoms with E-state index in [1.165, 1.54) is 13.1 Å². The van der Waals surface area contributed by atoms with Crippen LogP contribution in [0.4, 0.5) is 19.1 Å². The van der Waals surface area contributed by atoms with Crippen LogP contribution >= 0.6 is 11.6 Å². The highest BCUT2D eigenvalue weighted by Crippen LogP contribution is 2.35. The average Bonchev–Trinajstić information content (AvgIpc) is 2.70. The van der Waals surface area contributed by atoms with E-state index in [1.807, 2.05) is 0 Å². The van der Waals surface area contributed by atoms with Crippen LogP contribution in [0, 0.1) is 11.3 Å². The minimum Gasteiger partial charge on any atom is -0.449 e. The maximum absolute atomic E-state index is 13.6. The summed E-state index contributed by atoms with van der Waals surface area (Å²) in [4.78, 5) is 36.3. The van der Waals surface area contributed by atoms with Crippen LogP contribution in [0.15, 0.2) is 34.0 Å². The Bertz CT molecular complexity index is 1300. The lowest BCUT2D eigenvalue weighted by molar-refractivity contribution is -0.142. The van der Waals surface area contributed by atoms with Crippen molar-refractivity contribution in [2.24, 2.45) is 0 Å². The fourth-order valence-electron chi connectivity index (χ4n) is 2.54. The van der Waals surface area contributed by atoms with E-state index in [1.54, 1.807) is 6.07 Å². The van der Waals surface area contributed by atoms with Gasteiger partial charge in [0.15, 0.2) is 5.69 Å². The summed E-state index contributed by atoms with van der Waals surface area (Å²) >= 11 is 5.82. The fourth-order valence-corrected chi connectivity index (χ4v) is 2.76. The average molecular weight is 453 g/mol. The van der Waals surface area contributed by atoms with Gasteiger partial charge >= 0.3 is 6.18 Å². The summed E-state index contributed by atoms with van der Waals surface area (Å²) in [5.41, 5.74) is -3.43. The second-order valence-corrected chi connectivity index (χ2v) is 6.53. The van der Waals surface area contributed by atoms with Gasteiger partial charge in [-0.1, -0.05) is 11.6 Å². The molecular weight excluding hydrogens is 441 g/mol. The standard InChI is InChI=1S/C18H12ClF3N6O3/c1-24-17-25-7-9(15(29)28-17)4-12-26-14(18(20,21)22)13(16(30)27-12)31-11-3-8(6-23)2-10(19)5-11/h2-3,5,7H,4H2,1H3,(H,26,27,30)(H2,24,25,28,29). The number of aromatic nitrogens is 4. The highest BCUT2D eigenvalue weighted by atomic mass is 35.5. The first-order valence-corrected chi connectivity index (χ1v) is 8.83. The summed E-state index contributed by atoms with van der Waals surface area (Å²) in [6.45, 7) is 0. The molecule has 0 saturated carbocycles. The van der Waals surface area contributed by atoms with Gasteiger partial charge in [0, 0.05) is 30.3 Å². The van der Waals surface area contributed by atoms with Crippen LogP contribution in [0.1, 0.15) is 22.6 Å². The minimum absolute atomic E-state index is 0.0163. The molecule has 0 radical (unpaired) electrons. The lowest BCUT2D eigenvalue weighted by Gasteiger charge is -2.14. The smallest absolute Gasteiger partial charge is 0.437 e. The summed E-state index contributed by atoms with van der Waals surface area (Å²) < 4.78 is 45.9. The maximum atomic E-state index is 13.6. The normalized spacial score (nSPS) is 11.1. The largest absolute Gasteiger partial charge is 0.449 e. The molecule has 0 atom stereocenters. The Balaban J connectivity index is 2.05. The summed E-state index contributed by atoms with van der Waals surface area (Å²) in [7, 11) is 1.52. The molecule has 0 fully saturated rings. The number of anilines is 1. The molecule has 13 heteroatoms. The second-order valence-electron chi connectivity index (χ2n) is 6.09. The number of halogens is 4. The molecule has 2 aromatic heterocycles. The maximum Gasteiger partial charge on any atom is 0.437 e. The molecule has 0 aliphatic carbocycles. The molecule has 31 heavy (non-hydrogen) atoms. The number of nitriles is 1. The van der Waals surface area contributed by atoms with Crippen molar-refractivity contribution in [3.8, 4) is 17.6 Å². The van der Waals surface area contributed by atoms with Crippen molar-refractivity contribution < 1.29 is 17.9 Å². The lowest BCUT2D eigenvalue weighted by Crippen LogP contribution is -2.23. The first-order chi connectivity index (χ1) is 14.6. The van der Waals surface area contributed by atoms with Crippen LogP contribution in [0.3, 0.4) is 0 Å². The summed E-state index contributed by atoms with van der Waals surface area (Å²) in [6, 6.07) is 5.31. The van der Waals surface area contributed by atoms with Crippen LogP contribution in [-0.4, -0.2) is 27.0 Å². The number of nitrogens with zero attached hydrogens (tertiary/aromatic N) is 3. The van der Waals surface area contributed by atoms with Crippen molar-refractivity contribution in [3.05, 3.63) is 72.8 Å². The third-order valence-corrected chi connectivity index (χ3v) is 4.10. The van der Waals surface area contributed by atoms with Gasteiger partial charge in [-0.3, -0.25) is 14.6 Å². The fraction of sp³-hybridized carbons (Fsp3) is 0.167. The van der Waals surface area contributed by atoms with Gasteiger partial charge in [-0.15, -0.1) is 0 Å². The molecular formula is C18H12ClF3N6O3. The van der Waals surface area contributed by atoms with Crippen molar-refractivity contribution in [2.45, 2.75) is 12.6 Å². The molecule has 1 aromatic carbocycles. The SMILES string of the molecule is CNc1ncc(Cc2nc(C(F)(F)F)c(Oc3cc(Cl)cc(C#N)c3)c(=O)[nH]2)c(=O)[nH]1. The monoisotopic (exact) mass is 452 g/mol. The Kier molecular flexibility index (Phi) is 5.98. The Morgan fingerprint density at radius 1 is 1.23 bits per heavy atom. The first kappa shape index (κ1) is 21.8. The molecule has 3 aromatic rings. The molecule has 3 rings (SSSR count). The molecule has 9 nitrogen and oxygen atoms in total. The number of benzene rings is 1. The number of ether oxygens (including phenoxy) is 1. The van der Waals surface area contributed by atoms with Crippen molar-refractivity contribution in [2.75, 3.05) is 12.4 Å². The second kappa shape index (κ2) is 8.49. The summed E-state index contributed by atoms with van der Waals surface area (Å²) in [5.74, 6) is -1.64. The number of aromatic amines is 2. The van der Waals surface area contributed by atoms with E-state index in [4.69, 9.17) is 21.6 Å². The van der Waals surface area contributed by atoms with E-state index in [9.17, 15) is 22.8 Å². The Morgan fingerprint density at radius 2 is 1.97 bits per heavy atom. The van der Waals surface area contributed by atoms with E-state index < -0.39 is 41.0 Å². The van der Waals surface area contributed by atoms with Crippen LogP contribution in [0.2, 0.25) is 5.02 Å². The zero-order valence-corrected chi connectivity index (χ0v) is 16.4. The number of hydrogen-bond donors (Lipinski definition) is 3. The van der Waals surface area contributed by atoms with Crippen molar-refractivity contribution in [3.63, 3.8) is 0 Å². The van der Waals surface area contributed by atoms with E-state index in [-0.39, 0.29) is 27.8 Å². The van der Waals surface area contributed by atoms with E-state index in [2.05, 4.69) is 25.3 Å². The quantitative estimate of drug-likeness (QED) is 0.541. The number of rotatable bonds is 5. The highest BCUT2D eigenvalue weighted by Gasteiger charge is 2.39. The van der Waals surface area contributed by atoms with Gasteiger partial charge in [0.25, 0.3) is 11.1 Å². The predicted octanol–water partition coefficient (Wildman–Crippen LogP) is 2.82. The zero-order valence-electron chi connectivity index (χ0n) is 15.6. The number of hydrogen-bond acceptors (Lipinski definition) is 7. The van der Waals surface area contributed by atoms with E-state index in [0.717, 1.165) is 18.3 Å². The van der Waals surface area contributed by atoms with Gasteiger partial charge in [-0.05, 0) is 18.2 Å². The lowest BCUT2D eigenvalue weighted by atomic mass is 10.2. The molecule has 0 saturated heterocycles. The van der Waals surface area contributed by atoms with Gasteiger partial charge < -0.3 is 15.0 Å². The molecule has 0 aliphatic heterocycles. The van der Waals surface area contributed by atoms with Crippen molar-refractivity contribution >= 4 is 17.5 Å². The molecule has 3 N–H and O–H groups in total. The van der Waals surface area contributed by atoms with Crippen LogP contribution in [-0.2, 0) is 12.6 Å². The van der Waals surface area contributed by atoms with E-state index >= 15 is 0 Å². The van der Waals surface area contributed by atoms with Crippen LogP contribution in [0.25, 0.3) is 0 Å². The van der Waals surface area contributed by atoms with Gasteiger partial charge in [0.2, 0.25) is 11.7 Å². The van der Waals surface area contributed by atoms with Crippen molar-refractivity contribution in [1.82, 2.24) is 19.9 Å². The van der Waals surface area contributed by atoms with E-state index in [0.29, 0.717) is 0 Å². The number of H-pyrrole nitrogens is 2. The van der Waals surface area contributed by atoms with Gasteiger partial charge in [0.1, 0.15) is 11.6 Å². The predicted molar refractivity (Wildman–Crippen MR) is 103 cm³/mol. The zero-order chi connectivity index (χ0) is 22.8. The van der Waals surface area contributed by atoms with Crippen LogP contribution < -0.4 is 21.2 Å². The number of nitrogens with one attached hydrogen (secondary N) is 3. The Labute approximate surface area is 176 Å². The molecule has 2 heterocycles. The highest BCUT2D eigenvalue weighted by molar-refractivity contribution is 6.30. The van der Waals surface area contributed by atoms with Gasteiger partial charge in [0.05, 0.1) is 11.6 Å². The summed E-state index contributed by atoms with van der Waals surface area (Å²) in [6.07, 6.45) is -4.31. The van der Waals surface area contributed by atoms with Crippen molar-refractivity contribution in [1.29, 1.82) is 5.26 Å². The van der Waals surface area contributed by atoms with Gasteiger partial charge in [-0.25, -0.2) is 9.97 Å². The third-order valence-electron chi connectivity index (χ3n) is 3.88. The third kappa shape index (κ3) is 5.01. The Morgan fingerprint density at radius 3 is 2.58 bits per heavy atom. The minimum atomic E-state index is -5.05. The summed E-state index contributed by atoms with van der Waals surface area (Å²) in [5, 5.41) is 11.6. The molecule has 0 bridgehead atoms. The molecule has 0 spiro atoms. The molecule has 0 unspecified atom stereocenters. The number of alkyl halides is 3. The van der Waals surface area contributed by atoms with Gasteiger partial charge in [-0.2, -0.15) is 18.4 Å².